The lowest BCUT2D eigenvalue weighted by Crippen LogP contribution is -2.45. The van der Waals surface area contributed by atoms with Gasteiger partial charge >= 0.3 is 0 Å². The van der Waals surface area contributed by atoms with Crippen LogP contribution in [0.2, 0.25) is 0 Å². The zero-order chi connectivity index (χ0) is 18.1. The lowest BCUT2D eigenvalue weighted by molar-refractivity contribution is 0.140. The topological polar surface area (TPSA) is 50.1 Å². The Hall–Kier alpha value is -1.95. The molecule has 0 amide bonds. The van der Waals surface area contributed by atoms with Crippen molar-refractivity contribution in [3.63, 3.8) is 0 Å². The van der Waals surface area contributed by atoms with Crippen LogP contribution in [0.25, 0.3) is 0 Å². The number of piperidine rings is 1. The highest BCUT2D eigenvalue weighted by Gasteiger charge is 2.43. The van der Waals surface area contributed by atoms with Gasteiger partial charge in [-0.15, -0.1) is 0 Å². The highest BCUT2D eigenvalue weighted by Crippen LogP contribution is 2.44. The first-order valence-corrected chi connectivity index (χ1v) is 9.81. The Morgan fingerprint density at radius 1 is 1.19 bits per heavy atom. The van der Waals surface area contributed by atoms with Crippen molar-refractivity contribution in [2.75, 3.05) is 38.6 Å². The molecule has 3 heterocycles. The summed E-state index contributed by atoms with van der Waals surface area (Å²) in [6, 6.07) is 0. The molecule has 1 aliphatic heterocycles. The molecule has 0 aromatic carbocycles. The number of fused-ring (bicyclic) bond motifs is 2. The van der Waals surface area contributed by atoms with Gasteiger partial charge in [-0.2, -0.15) is 0 Å². The van der Waals surface area contributed by atoms with Crippen LogP contribution in [0.1, 0.15) is 42.8 Å². The smallest absolute Gasteiger partial charge is 0.225 e. The molecule has 1 fully saturated rings. The van der Waals surface area contributed by atoms with Gasteiger partial charge < -0.3 is 14.4 Å². The minimum absolute atomic E-state index is 0.242. The maximum absolute atomic E-state index is 4.97. The molecule has 0 saturated carbocycles. The van der Waals surface area contributed by atoms with Crippen molar-refractivity contribution < 1.29 is 0 Å². The number of hydrogen-bond donors (Lipinski definition) is 0. The highest BCUT2D eigenvalue weighted by molar-refractivity contribution is 5.39. The summed E-state index contributed by atoms with van der Waals surface area (Å²) in [5.74, 6) is 1.95. The summed E-state index contributed by atoms with van der Waals surface area (Å²) in [5.41, 5.74) is 2.93. The SMILES string of the molecule is Cc1nccn1CCCN1CCCC2(CCc3cnc(N(C)C)nc32)C1. The number of aromatic nitrogens is 4. The number of aryl methyl sites for hydroxylation is 3. The molecular weight excluding hydrogens is 324 g/mol. The summed E-state index contributed by atoms with van der Waals surface area (Å²) in [4.78, 5) is 18.5. The van der Waals surface area contributed by atoms with Crippen LogP contribution >= 0.6 is 0 Å². The third kappa shape index (κ3) is 3.22. The van der Waals surface area contributed by atoms with Gasteiger partial charge in [0.2, 0.25) is 5.95 Å². The van der Waals surface area contributed by atoms with Crippen LogP contribution in [-0.2, 0) is 18.4 Å². The van der Waals surface area contributed by atoms with Crippen molar-refractivity contribution in [2.24, 2.45) is 0 Å². The van der Waals surface area contributed by atoms with E-state index >= 15 is 0 Å². The van der Waals surface area contributed by atoms with Crippen LogP contribution < -0.4 is 4.90 Å². The Morgan fingerprint density at radius 2 is 2.08 bits per heavy atom. The van der Waals surface area contributed by atoms with Crippen molar-refractivity contribution in [1.29, 1.82) is 0 Å². The molecule has 6 nitrogen and oxygen atoms in total. The van der Waals surface area contributed by atoms with Gasteiger partial charge in [0.15, 0.2) is 0 Å². The van der Waals surface area contributed by atoms with E-state index in [1.165, 1.54) is 43.5 Å². The van der Waals surface area contributed by atoms with E-state index in [0.717, 1.165) is 37.8 Å². The number of rotatable bonds is 5. The number of nitrogens with zero attached hydrogens (tertiary/aromatic N) is 6. The molecule has 4 rings (SSSR count). The predicted octanol–water partition coefficient (Wildman–Crippen LogP) is 2.42. The van der Waals surface area contributed by atoms with Crippen LogP contribution in [0.3, 0.4) is 0 Å². The van der Waals surface area contributed by atoms with E-state index in [-0.39, 0.29) is 5.41 Å². The van der Waals surface area contributed by atoms with E-state index in [0.29, 0.717) is 0 Å². The summed E-state index contributed by atoms with van der Waals surface area (Å²) >= 11 is 0. The zero-order valence-corrected chi connectivity index (χ0v) is 16.3. The van der Waals surface area contributed by atoms with Crippen LogP contribution in [0.4, 0.5) is 5.95 Å². The minimum atomic E-state index is 0.242. The van der Waals surface area contributed by atoms with Gasteiger partial charge in [0.25, 0.3) is 0 Å². The maximum atomic E-state index is 4.97. The van der Waals surface area contributed by atoms with Crippen molar-refractivity contribution >= 4 is 5.95 Å². The van der Waals surface area contributed by atoms with Gasteiger partial charge in [-0.05, 0) is 57.7 Å². The quantitative estimate of drug-likeness (QED) is 0.825. The van der Waals surface area contributed by atoms with Crippen LogP contribution in [-0.4, -0.2) is 58.1 Å². The second kappa shape index (κ2) is 6.99. The summed E-state index contributed by atoms with van der Waals surface area (Å²) in [6.07, 6.45) is 12.1. The van der Waals surface area contributed by atoms with Gasteiger partial charge in [0, 0.05) is 51.2 Å². The Bertz CT molecular complexity index is 763. The summed E-state index contributed by atoms with van der Waals surface area (Å²) in [5, 5.41) is 0. The molecule has 1 saturated heterocycles. The number of imidazole rings is 1. The Morgan fingerprint density at radius 3 is 2.85 bits per heavy atom. The first-order valence-electron chi connectivity index (χ1n) is 9.81. The fourth-order valence-electron chi connectivity index (χ4n) is 4.67. The molecule has 2 aromatic heterocycles. The average Bonchev–Trinajstić information content (AvgIpc) is 3.19. The molecule has 1 spiro atoms. The number of anilines is 1. The lowest BCUT2D eigenvalue weighted by Gasteiger charge is -2.40. The Kier molecular flexibility index (Phi) is 4.69. The van der Waals surface area contributed by atoms with Gasteiger partial charge in [-0.3, -0.25) is 0 Å². The fraction of sp³-hybridized carbons (Fsp3) is 0.650. The number of hydrogen-bond acceptors (Lipinski definition) is 5. The number of likely N-dealkylation sites (tertiary alicyclic amines) is 1. The molecule has 0 radical (unpaired) electrons. The molecule has 140 valence electrons. The van der Waals surface area contributed by atoms with Gasteiger partial charge in [-0.1, -0.05) is 0 Å². The molecule has 26 heavy (non-hydrogen) atoms. The maximum Gasteiger partial charge on any atom is 0.225 e. The third-order valence-corrected chi connectivity index (χ3v) is 6.08. The molecule has 0 bridgehead atoms. The fourth-order valence-corrected chi connectivity index (χ4v) is 4.67. The van der Waals surface area contributed by atoms with Crippen LogP contribution in [0.5, 0.6) is 0 Å². The monoisotopic (exact) mass is 354 g/mol. The summed E-state index contributed by atoms with van der Waals surface area (Å²) < 4.78 is 2.25. The molecular formula is C20H30N6. The Labute approximate surface area is 156 Å². The van der Waals surface area contributed by atoms with Crippen LogP contribution in [0.15, 0.2) is 18.6 Å². The molecule has 0 N–H and O–H groups in total. The molecule has 1 unspecified atom stereocenters. The van der Waals surface area contributed by atoms with E-state index < -0.39 is 0 Å². The molecule has 6 heteroatoms. The zero-order valence-electron chi connectivity index (χ0n) is 16.3. The Balaban J connectivity index is 1.44. The van der Waals surface area contributed by atoms with E-state index in [9.17, 15) is 0 Å². The van der Waals surface area contributed by atoms with Crippen LogP contribution in [0, 0.1) is 6.92 Å². The van der Waals surface area contributed by atoms with E-state index in [1.807, 2.05) is 25.2 Å². The largest absolute Gasteiger partial charge is 0.347 e. The van der Waals surface area contributed by atoms with Crippen molar-refractivity contribution in [3.8, 4) is 0 Å². The molecule has 2 aromatic rings. The normalized spacial score (nSPS) is 22.7. The van der Waals surface area contributed by atoms with E-state index in [1.54, 1.807) is 0 Å². The molecule has 1 aliphatic carbocycles. The van der Waals surface area contributed by atoms with E-state index in [4.69, 9.17) is 4.98 Å². The predicted molar refractivity (Wildman–Crippen MR) is 104 cm³/mol. The second-order valence-corrected chi connectivity index (χ2v) is 8.12. The third-order valence-electron chi connectivity index (χ3n) is 6.08. The van der Waals surface area contributed by atoms with Gasteiger partial charge in [0.05, 0.1) is 5.69 Å². The average molecular weight is 355 g/mol. The lowest BCUT2D eigenvalue weighted by atomic mass is 9.77. The second-order valence-electron chi connectivity index (χ2n) is 8.12. The van der Waals surface area contributed by atoms with Gasteiger partial charge in [-0.25, -0.2) is 15.0 Å². The van der Waals surface area contributed by atoms with Gasteiger partial charge in [0.1, 0.15) is 5.82 Å². The van der Waals surface area contributed by atoms with Crippen molar-refractivity contribution in [3.05, 3.63) is 35.7 Å². The summed E-state index contributed by atoms with van der Waals surface area (Å²) in [7, 11) is 4.04. The first kappa shape index (κ1) is 17.5. The molecule has 2 aliphatic rings. The minimum Gasteiger partial charge on any atom is -0.347 e. The molecule has 1 atom stereocenters. The van der Waals surface area contributed by atoms with Crippen molar-refractivity contribution in [2.45, 2.75) is 51.0 Å². The van der Waals surface area contributed by atoms with Crippen molar-refractivity contribution in [1.82, 2.24) is 24.4 Å². The summed E-state index contributed by atoms with van der Waals surface area (Å²) in [6.45, 7) is 6.64. The standard InChI is InChI=1S/C20H30N6/c1-16-21-9-13-26(16)12-5-11-25-10-4-7-20(15-25)8-6-17-14-22-19(24(2)3)23-18(17)20/h9,13-14H,4-8,10-12,15H2,1-3H3. The highest BCUT2D eigenvalue weighted by atomic mass is 15.2. The first-order chi connectivity index (χ1) is 12.6. The van der Waals surface area contributed by atoms with E-state index in [2.05, 4.69) is 38.8 Å².